The number of nitrogen functional groups attached to an aromatic ring is 1. The van der Waals surface area contributed by atoms with Crippen LogP contribution in [-0.2, 0) is 23.5 Å². The van der Waals surface area contributed by atoms with Gasteiger partial charge in [0.15, 0.2) is 10.8 Å². The maximum absolute atomic E-state index is 12.1. The Labute approximate surface area is 111 Å². The molecule has 0 radical (unpaired) electrons. The first-order valence-electron chi connectivity index (χ1n) is 5.66. The first kappa shape index (κ1) is 13.5. The molecule has 2 aromatic rings. The zero-order chi connectivity index (χ0) is 13.9. The molecule has 2 rings (SSSR count). The van der Waals surface area contributed by atoms with Crippen LogP contribution in [0.1, 0.15) is 5.56 Å². The summed E-state index contributed by atoms with van der Waals surface area (Å²) in [7, 11) is -2.06. The fourth-order valence-electron chi connectivity index (χ4n) is 1.71. The highest BCUT2D eigenvalue weighted by Crippen LogP contribution is 2.14. The summed E-state index contributed by atoms with van der Waals surface area (Å²) >= 11 is 0. The molecule has 0 aliphatic heterocycles. The Kier molecular flexibility index (Phi) is 3.82. The minimum Gasteiger partial charge on any atom is -0.381 e. The van der Waals surface area contributed by atoms with Crippen LogP contribution in [0.3, 0.4) is 0 Å². The van der Waals surface area contributed by atoms with Crippen LogP contribution in [-0.4, -0.2) is 29.5 Å². The van der Waals surface area contributed by atoms with Crippen LogP contribution in [0.4, 0.5) is 5.82 Å². The molecule has 19 heavy (non-hydrogen) atoms. The van der Waals surface area contributed by atoms with E-state index in [2.05, 4.69) is 14.7 Å². The Morgan fingerprint density at radius 1 is 1.47 bits per heavy atom. The molecule has 2 heterocycles. The second-order valence-corrected chi connectivity index (χ2v) is 5.74. The van der Waals surface area contributed by atoms with Gasteiger partial charge in [-0.25, -0.2) is 18.1 Å². The highest BCUT2D eigenvalue weighted by Gasteiger charge is 2.21. The van der Waals surface area contributed by atoms with Crippen molar-refractivity contribution < 1.29 is 8.42 Å². The van der Waals surface area contributed by atoms with Crippen LogP contribution in [0.25, 0.3) is 0 Å². The van der Waals surface area contributed by atoms with Gasteiger partial charge in [-0.1, -0.05) is 6.07 Å². The van der Waals surface area contributed by atoms with E-state index in [1.807, 2.05) is 12.1 Å². The molecular formula is C11H15N5O2S. The lowest BCUT2D eigenvalue weighted by molar-refractivity contribution is 0.572. The molecule has 102 valence electrons. The van der Waals surface area contributed by atoms with E-state index in [0.717, 1.165) is 5.56 Å². The molecule has 0 saturated carbocycles. The Morgan fingerprint density at radius 2 is 2.26 bits per heavy atom. The Morgan fingerprint density at radius 3 is 2.84 bits per heavy atom. The number of hydrogen-bond acceptors (Lipinski definition) is 5. The average molecular weight is 281 g/mol. The van der Waals surface area contributed by atoms with E-state index in [1.54, 1.807) is 19.4 Å². The summed E-state index contributed by atoms with van der Waals surface area (Å²) in [6, 6.07) is 3.70. The van der Waals surface area contributed by atoms with Gasteiger partial charge in [0.1, 0.15) is 0 Å². The fraction of sp³-hybridized carbons (Fsp3) is 0.273. The second-order valence-electron chi connectivity index (χ2n) is 4.05. The third kappa shape index (κ3) is 3.09. The predicted octanol–water partition coefficient (Wildman–Crippen LogP) is -0.0817. The number of imidazole rings is 1. The van der Waals surface area contributed by atoms with Crippen molar-refractivity contribution in [2.24, 2.45) is 7.05 Å². The zero-order valence-electron chi connectivity index (χ0n) is 10.4. The van der Waals surface area contributed by atoms with E-state index in [0.29, 0.717) is 6.42 Å². The lowest BCUT2D eigenvalue weighted by atomic mass is 10.2. The largest absolute Gasteiger partial charge is 0.381 e. The molecule has 0 aromatic carbocycles. The predicted molar refractivity (Wildman–Crippen MR) is 70.7 cm³/mol. The van der Waals surface area contributed by atoms with E-state index in [4.69, 9.17) is 5.73 Å². The van der Waals surface area contributed by atoms with Gasteiger partial charge in [-0.3, -0.25) is 4.98 Å². The Balaban J connectivity index is 2.03. The number of anilines is 1. The highest BCUT2D eigenvalue weighted by molar-refractivity contribution is 7.89. The minimum absolute atomic E-state index is 0.00335. The molecule has 0 aliphatic rings. The number of rotatable bonds is 5. The van der Waals surface area contributed by atoms with Crippen molar-refractivity contribution in [2.45, 2.75) is 11.4 Å². The van der Waals surface area contributed by atoms with Gasteiger partial charge in [-0.15, -0.1) is 0 Å². The van der Waals surface area contributed by atoms with Crippen molar-refractivity contribution in [3.05, 3.63) is 36.4 Å². The molecule has 3 N–H and O–H groups in total. The van der Waals surface area contributed by atoms with Crippen molar-refractivity contribution >= 4 is 15.8 Å². The lowest BCUT2D eigenvalue weighted by Gasteiger charge is -2.07. The summed E-state index contributed by atoms with van der Waals surface area (Å²) in [6.07, 6.45) is 5.30. The van der Waals surface area contributed by atoms with E-state index in [1.165, 1.54) is 10.9 Å². The van der Waals surface area contributed by atoms with E-state index in [-0.39, 0.29) is 17.4 Å². The van der Waals surface area contributed by atoms with Crippen LogP contribution >= 0.6 is 0 Å². The van der Waals surface area contributed by atoms with E-state index >= 15 is 0 Å². The summed E-state index contributed by atoms with van der Waals surface area (Å²) < 4.78 is 28.0. The van der Waals surface area contributed by atoms with Gasteiger partial charge < -0.3 is 10.3 Å². The molecule has 0 bridgehead atoms. The lowest BCUT2D eigenvalue weighted by Crippen LogP contribution is -2.28. The summed E-state index contributed by atoms with van der Waals surface area (Å²) in [5.74, 6) is -0.00335. The summed E-state index contributed by atoms with van der Waals surface area (Å²) in [5, 5.41) is -0.0151. The third-order valence-corrected chi connectivity index (χ3v) is 4.18. The first-order chi connectivity index (χ1) is 9.00. The molecule has 8 heteroatoms. The summed E-state index contributed by atoms with van der Waals surface area (Å²) in [5.41, 5.74) is 6.51. The van der Waals surface area contributed by atoms with Gasteiger partial charge in [0.05, 0.1) is 6.33 Å². The van der Waals surface area contributed by atoms with Crippen LogP contribution in [0, 0.1) is 0 Å². The fourth-order valence-corrected chi connectivity index (χ4v) is 2.97. The Bertz CT molecular complexity index is 631. The van der Waals surface area contributed by atoms with Crippen molar-refractivity contribution in [1.82, 2.24) is 19.3 Å². The van der Waals surface area contributed by atoms with Gasteiger partial charge in [-0.05, 0) is 18.1 Å². The van der Waals surface area contributed by atoms with Gasteiger partial charge in [-0.2, -0.15) is 0 Å². The molecule has 2 aromatic heterocycles. The number of aryl methyl sites for hydroxylation is 1. The maximum atomic E-state index is 12.1. The van der Waals surface area contributed by atoms with Crippen LogP contribution < -0.4 is 10.5 Å². The van der Waals surface area contributed by atoms with Gasteiger partial charge in [0.25, 0.3) is 10.0 Å². The van der Waals surface area contributed by atoms with Crippen LogP contribution in [0.15, 0.2) is 35.9 Å². The SMILES string of the molecule is Cn1cnc(N)c1S(=O)(=O)NCCc1cccnc1. The number of hydrogen-bond donors (Lipinski definition) is 2. The molecule has 7 nitrogen and oxygen atoms in total. The second kappa shape index (κ2) is 5.37. The van der Waals surface area contributed by atoms with Gasteiger partial charge in [0.2, 0.25) is 0 Å². The maximum Gasteiger partial charge on any atom is 0.260 e. The monoisotopic (exact) mass is 281 g/mol. The van der Waals surface area contributed by atoms with Crippen molar-refractivity contribution in [3.63, 3.8) is 0 Å². The third-order valence-electron chi connectivity index (χ3n) is 2.59. The highest BCUT2D eigenvalue weighted by atomic mass is 32.2. The smallest absolute Gasteiger partial charge is 0.260 e. The van der Waals surface area contributed by atoms with Crippen molar-refractivity contribution in [2.75, 3.05) is 12.3 Å². The number of nitrogens with two attached hydrogens (primary N) is 1. The normalized spacial score (nSPS) is 11.6. The quantitative estimate of drug-likeness (QED) is 0.798. The first-order valence-corrected chi connectivity index (χ1v) is 7.14. The van der Waals surface area contributed by atoms with Crippen LogP contribution in [0.2, 0.25) is 0 Å². The zero-order valence-corrected chi connectivity index (χ0v) is 11.3. The summed E-state index contributed by atoms with van der Waals surface area (Å²) in [4.78, 5) is 7.73. The topological polar surface area (TPSA) is 103 Å². The number of sulfonamides is 1. The molecule has 0 atom stereocenters. The molecule has 0 saturated heterocycles. The van der Waals surface area contributed by atoms with Crippen molar-refractivity contribution in [3.8, 4) is 0 Å². The van der Waals surface area contributed by atoms with E-state index in [9.17, 15) is 8.42 Å². The number of nitrogens with zero attached hydrogens (tertiary/aromatic N) is 3. The molecule has 0 unspecified atom stereocenters. The Hall–Kier alpha value is -1.93. The standard InChI is InChI=1S/C11H15N5O2S/c1-16-8-14-10(12)11(16)19(17,18)15-6-4-9-3-2-5-13-7-9/h2-3,5,7-8,15H,4,6,12H2,1H3. The number of aromatic nitrogens is 3. The minimum atomic E-state index is -3.64. The average Bonchev–Trinajstić information content (AvgIpc) is 2.70. The molecule has 0 spiro atoms. The molecular weight excluding hydrogens is 266 g/mol. The molecule has 0 amide bonds. The summed E-state index contributed by atoms with van der Waals surface area (Å²) in [6.45, 7) is 0.276. The number of pyridine rings is 1. The van der Waals surface area contributed by atoms with Gasteiger partial charge in [0, 0.05) is 26.0 Å². The van der Waals surface area contributed by atoms with Crippen molar-refractivity contribution in [1.29, 1.82) is 0 Å². The van der Waals surface area contributed by atoms with Gasteiger partial charge >= 0.3 is 0 Å². The molecule has 0 fully saturated rings. The molecule has 0 aliphatic carbocycles. The number of nitrogens with one attached hydrogen (secondary N) is 1. The van der Waals surface area contributed by atoms with E-state index < -0.39 is 10.0 Å². The van der Waals surface area contributed by atoms with Crippen LogP contribution in [0.5, 0.6) is 0 Å².